The Morgan fingerprint density at radius 2 is 2.12 bits per heavy atom. The molecular weight excluding hydrogens is 167 g/mol. The lowest BCUT2D eigenvalue weighted by atomic mass is 10.9. The van der Waals surface area contributed by atoms with E-state index in [2.05, 4.69) is 0 Å². The standard InChI is InChI=1S/C4H8Cl2OS/c1-2-8(7)3-4(5)6/h4H,2-3H2,1H3. The third-order valence-corrected chi connectivity index (χ3v) is 2.66. The van der Waals surface area contributed by atoms with Crippen LogP contribution in [0, 0.1) is 0 Å². The van der Waals surface area contributed by atoms with Gasteiger partial charge in [-0.05, 0) is 0 Å². The normalized spacial score (nSPS) is 14.5. The van der Waals surface area contributed by atoms with Crippen LogP contribution in [0.1, 0.15) is 6.92 Å². The zero-order valence-electron chi connectivity index (χ0n) is 4.56. The lowest BCUT2D eigenvalue weighted by Crippen LogP contribution is -2.05. The number of rotatable bonds is 3. The molecule has 4 heteroatoms. The highest BCUT2D eigenvalue weighted by atomic mass is 35.5. The Bertz CT molecular complexity index is 84.1. The van der Waals surface area contributed by atoms with E-state index in [-0.39, 0.29) is 0 Å². The summed E-state index contributed by atoms with van der Waals surface area (Å²) in [6.45, 7) is 1.84. The van der Waals surface area contributed by atoms with Crippen LogP contribution in [0.4, 0.5) is 0 Å². The van der Waals surface area contributed by atoms with Gasteiger partial charge in [-0.1, -0.05) is 6.92 Å². The van der Waals surface area contributed by atoms with Crippen molar-refractivity contribution in [3.05, 3.63) is 0 Å². The van der Waals surface area contributed by atoms with Crippen LogP contribution in [0.25, 0.3) is 0 Å². The third kappa shape index (κ3) is 4.88. The van der Waals surface area contributed by atoms with Crippen molar-refractivity contribution >= 4 is 34.0 Å². The molecule has 0 saturated heterocycles. The Morgan fingerprint density at radius 1 is 1.62 bits per heavy atom. The van der Waals surface area contributed by atoms with Crippen LogP contribution in [0.3, 0.4) is 0 Å². The quantitative estimate of drug-likeness (QED) is 0.595. The highest BCUT2D eigenvalue weighted by molar-refractivity contribution is 7.85. The Kier molecular flexibility index (Phi) is 5.01. The molecule has 0 aromatic rings. The van der Waals surface area contributed by atoms with Crippen molar-refractivity contribution in [2.24, 2.45) is 0 Å². The van der Waals surface area contributed by atoms with Gasteiger partial charge in [0.1, 0.15) is 4.84 Å². The lowest BCUT2D eigenvalue weighted by molar-refractivity contribution is 0.684. The molecule has 0 saturated carbocycles. The van der Waals surface area contributed by atoms with Gasteiger partial charge in [-0.15, -0.1) is 23.2 Å². The Labute approximate surface area is 61.8 Å². The monoisotopic (exact) mass is 174 g/mol. The Morgan fingerprint density at radius 3 is 2.25 bits per heavy atom. The number of hydrogen-bond acceptors (Lipinski definition) is 1. The van der Waals surface area contributed by atoms with Crippen molar-refractivity contribution in [3.63, 3.8) is 0 Å². The number of hydrogen-bond donors (Lipinski definition) is 0. The van der Waals surface area contributed by atoms with Gasteiger partial charge in [-0.2, -0.15) is 0 Å². The van der Waals surface area contributed by atoms with Crippen LogP contribution in [0.2, 0.25) is 0 Å². The molecule has 0 aliphatic carbocycles. The molecule has 1 unspecified atom stereocenters. The topological polar surface area (TPSA) is 17.1 Å². The van der Waals surface area contributed by atoms with Crippen LogP contribution in [0.15, 0.2) is 0 Å². The van der Waals surface area contributed by atoms with Crippen molar-refractivity contribution in [2.75, 3.05) is 11.5 Å². The molecule has 0 bridgehead atoms. The van der Waals surface area contributed by atoms with Crippen LogP contribution in [0.5, 0.6) is 0 Å². The molecule has 0 radical (unpaired) electrons. The molecule has 0 aliphatic heterocycles. The molecule has 1 atom stereocenters. The smallest absolute Gasteiger partial charge is 0.119 e. The van der Waals surface area contributed by atoms with Gasteiger partial charge < -0.3 is 0 Å². The summed E-state index contributed by atoms with van der Waals surface area (Å²) >= 11 is 10.6. The fourth-order valence-electron chi connectivity index (χ4n) is 0.258. The van der Waals surface area contributed by atoms with E-state index >= 15 is 0 Å². The molecule has 0 aromatic heterocycles. The summed E-state index contributed by atoms with van der Waals surface area (Å²) in [5.74, 6) is 1.02. The summed E-state index contributed by atoms with van der Waals surface area (Å²) in [5.41, 5.74) is 0. The molecule has 0 rings (SSSR count). The maximum atomic E-state index is 10.6. The van der Waals surface area contributed by atoms with Gasteiger partial charge in [0.2, 0.25) is 0 Å². The minimum Gasteiger partial charge on any atom is -0.259 e. The second-order valence-electron chi connectivity index (χ2n) is 1.29. The van der Waals surface area contributed by atoms with Gasteiger partial charge in [0, 0.05) is 16.6 Å². The molecule has 0 N–H and O–H groups in total. The highest BCUT2D eigenvalue weighted by Crippen LogP contribution is 2.02. The number of alkyl halides is 2. The van der Waals surface area contributed by atoms with E-state index in [0.29, 0.717) is 11.5 Å². The second kappa shape index (κ2) is 4.59. The summed E-state index contributed by atoms with van der Waals surface area (Å²) in [7, 11) is -0.821. The van der Waals surface area contributed by atoms with Crippen molar-refractivity contribution < 1.29 is 4.21 Å². The highest BCUT2D eigenvalue weighted by Gasteiger charge is 2.02. The minimum absolute atomic E-state index is 0.389. The number of halogens is 2. The van der Waals surface area contributed by atoms with E-state index in [0.717, 1.165) is 0 Å². The van der Waals surface area contributed by atoms with Crippen molar-refractivity contribution in [1.82, 2.24) is 0 Å². The molecule has 0 heterocycles. The predicted molar refractivity (Wildman–Crippen MR) is 39.0 cm³/mol. The predicted octanol–water partition coefficient (Wildman–Crippen LogP) is 1.56. The molecule has 8 heavy (non-hydrogen) atoms. The average Bonchev–Trinajstić information content (AvgIpc) is 1.65. The first-order chi connectivity index (χ1) is 3.66. The largest absolute Gasteiger partial charge is 0.259 e. The summed E-state index contributed by atoms with van der Waals surface area (Å²) in [6, 6.07) is 0. The summed E-state index contributed by atoms with van der Waals surface area (Å²) in [6.07, 6.45) is 0. The van der Waals surface area contributed by atoms with Crippen LogP contribution in [-0.2, 0) is 10.8 Å². The van der Waals surface area contributed by atoms with Gasteiger partial charge in [-0.25, -0.2) is 0 Å². The first-order valence-electron chi connectivity index (χ1n) is 2.30. The third-order valence-electron chi connectivity index (χ3n) is 0.634. The summed E-state index contributed by atoms with van der Waals surface area (Å²) < 4.78 is 10.6. The molecule has 0 amide bonds. The second-order valence-corrected chi connectivity index (χ2v) is 4.35. The lowest BCUT2D eigenvalue weighted by Gasteiger charge is -1.95. The van der Waals surface area contributed by atoms with Gasteiger partial charge in [0.25, 0.3) is 0 Å². The molecule has 0 spiro atoms. The van der Waals surface area contributed by atoms with Gasteiger partial charge in [0.05, 0.1) is 5.75 Å². The SMILES string of the molecule is CCS(=O)CC(Cl)Cl. The first kappa shape index (κ1) is 8.73. The van der Waals surface area contributed by atoms with E-state index in [1.165, 1.54) is 0 Å². The van der Waals surface area contributed by atoms with Crippen LogP contribution >= 0.6 is 23.2 Å². The molecule has 1 nitrogen and oxygen atoms in total. The van der Waals surface area contributed by atoms with Crippen LogP contribution < -0.4 is 0 Å². The zero-order chi connectivity index (χ0) is 6.57. The molecule has 0 aromatic carbocycles. The fraction of sp³-hybridized carbons (Fsp3) is 1.00. The van der Waals surface area contributed by atoms with E-state index in [4.69, 9.17) is 23.2 Å². The van der Waals surface area contributed by atoms with E-state index in [1.807, 2.05) is 6.92 Å². The first-order valence-corrected chi connectivity index (χ1v) is 4.66. The van der Waals surface area contributed by atoms with Crippen molar-refractivity contribution in [2.45, 2.75) is 11.8 Å². The maximum absolute atomic E-state index is 10.6. The zero-order valence-corrected chi connectivity index (χ0v) is 6.89. The van der Waals surface area contributed by atoms with Crippen molar-refractivity contribution in [3.8, 4) is 0 Å². The average molecular weight is 175 g/mol. The maximum Gasteiger partial charge on any atom is 0.119 e. The van der Waals surface area contributed by atoms with E-state index < -0.39 is 15.6 Å². The van der Waals surface area contributed by atoms with Gasteiger partial charge in [-0.3, -0.25) is 4.21 Å². The van der Waals surface area contributed by atoms with Gasteiger partial charge in [0.15, 0.2) is 0 Å². The van der Waals surface area contributed by atoms with Gasteiger partial charge >= 0.3 is 0 Å². The minimum atomic E-state index is -0.821. The molecular formula is C4H8Cl2OS. The van der Waals surface area contributed by atoms with Crippen LogP contribution in [-0.4, -0.2) is 20.6 Å². The summed E-state index contributed by atoms with van der Waals surface area (Å²) in [4.78, 5) is -0.476. The van der Waals surface area contributed by atoms with Crippen molar-refractivity contribution in [1.29, 1.82) is 0 Å². The Hall–Kier alpha value is 0.730. The van der Waals surface area contributed by atoms with E-state index in [1.54, 1.807) is 0 Å². The molecule has 0 fully saturated rings. The fourth-order valence-corrected chi connectivity index (χ4v) is 1.62. The molecule has 50 valence electrons. The van der Waals surface area contributed by atoms with E-state index in [9.17, 15) is 4.21 Å². The summed E-state index contributed by atoms with van der Waals surface area (Å²) in [5, 5.41) is 0. The molecule has 0 aliphatic rings. The Balaban J connectivity index is 3.25.